The molecule has 0 bridgehead atoms. The van der Waals surface area contributed by atoms with Gasteiger partial charge in [-0.15, -0.1) is 0 Å². The number of benzene rings is 1. The van der Waals surface area contributed by atoms with Gasteiger partial charge in [-0.2, -0.15) is 0 Å². The molecule has 0 aliphatic heterocycles. The predicted molar refractivity (Wildman–Crippen MR) is 70.4 cm³/mol. The number of anilines is 1. The number of carbonyl (C=O) groups is 1. The fourth-order valence-corrected chi connectivity index (χ4v) is 1.78. The molecule has 1 amide bonds. The van der Waals surface area contributed by atoms with Crippen molar-refractivity contribution in [2.45, 2.75) is 13.5 Å². The normalized spacial score (nSPS) is 12.3. The molecular weight excluding hydrogens is 228 g/mol. The molecule has 18 heavy (non-hydrogen) atoms. The number of carbonyl (C=O) groups excluding carboxylic acids is 1. The first-order valence-corrected chi connectivity index (χ1v) is 5.74. The lowest BCUT2D eigenvalue weighted by molar-refractivity contribution is -0.121. The Morgan fingerprint density at radius 1 is 1.50 bits per heavy atom. The standard InChI is InChI=1S/C13H16N4O/c1-9(12(15)18)8-17-6-5-16-13(17)10-3-2-4-11(14)7-10/h2-7,9H,8,14H2,1H3,(H2,15,18). The van der Waals surface area contributed by atoms with Crippen LogP contribution in [0.3, 0.4) is 0 Å². The highest BCUT2D eigenvalue weighted by molar-refractivity contribution is 5.76. The number of imidazole rings is 1. The van der Waals surface area contributed by atoms with Crippen LogP contribution in [0.1, 0.15) is 6.92 Å². The molecule has 0 fully saturated rings. The zero-order valence-corrected chi connectivity index (χ0v) is 10.2. The number of amides is 1. The lowest BCUT2D eigenvalue weighted by Gasteiger charge is -2.11. The zero-order chi connectivity index (χ0) is 13.1. The highest BCUT2D eigenvalue weighted by Crippen LogP contribution is 2.20. The largest absolute Gasteiger partial charge is 0.399 e. The van der Waals surface area contributed by atoms with Gasteiger partial charge < -0.3 is 16.0 Å². The highest BCUT2D eigenvalue weighted by Gasteiger charge is 2.13. The van der Waals surface area contributed by atoms with Gasteiger partial charge in [-0.25, -0.2) is 4.98 Å². The molecule has 0 aliphatic rings. The number of nitrogens with two attached hydrogens (primary N) is 2. The van der Waals surface area contributed by atoms with Gasteiger partial charge in [-0.05, 0) is 12.1 Å². The summed E-state index contributed by atoms with van der Waals surface area (Å²) in [4.78, 5) is 15.4. The number of aromatic nitrogens is 2. The fourth-order valence-electron chi connectivity index (χ4n) is 1.78. The van der Waals surface area contributed by atoms with Crippen LogP contribution in [-0.4, -0.2) is 15.5 Å². The molecule has 94 valence electrons. The molecule has 2 rings (SSSR count). The van der Waals surface area contributed by atoms with Crippen LogP contribution >= 0.6 is 0 Å². The number of nitrogens with zero attached hydrogens (tertiary/aromatic N) is 2. The van der Waals surface area contributed by atoms with Crippen LogP contribution in [-0.2, 0) is 11.3 Å². The molecular formula is C13H16N4O. The Bertz CT molecular complexity index is 562. The molecule has 0 aliphatic carbocycles. The van der Waals surface area contributed by atoms with Gasteiger partial charge in [0, 0.05) is 30.2 Å². The van der Waals surface area contributed by atoms with E-state index in [1.54, 1.807) is 13.1 Å². The highest BCUT2D eigenvalue weighted by atomic mass is 16.1. The first kappa shape index (κ1) is 12.2. The van der Waals surface area contributed by atoms with Crippen LogP contribution < -0.4 is 11.5 Å². The third-order valence-electron chi connectivity index (χ3n) is 2.82. The summed E-state index contributed by atoms with van der Waals surface area (Å²) in [5, 5.41) is 0. The summed E-state index contributed by atoms with van der Waals surface area (Å²) in [6.07, 6.45) is 3.53. The number of nitrogen functional groups attached to an aromatic ring is 1. The SMILES string of the molecule is CC(Cn1ccnc1-c1cccc(N)c1)C(N)=O. The lowest BCUT2D eigenvalue weighted by atomic mass is 10.1. The van der Waals surface area contributed by atoms with Crippen molar-refractivity contribution in [2.24, 2.45) is 11.7 Å². The van der Waals surface area contributed by atoms with E-state index in [1.807, 2.05) is 35.0 Å². The fraction of sp³-hybridized carbons (Fsp3) is 0.231. The van der Waals surface area contributed by atoms with E-state index < -0.39 is 0 Å². The second kappa shape index (κ2) is 4.91. The molecule has 1 aromatic carbocycles. The van der Waals surface area contributed by atoms with Gasteiger partial charge in [0.25, 0.3) is 0 Å². The topological polar surface area (TPSA) is 86.9 Å². The van der Waals surface area contributed by atoms with Crippen LogP contribution in [0.25, 0.3) is 11.4 Å². The van der Waals surface area contributed by atoms with Crippen molar-refractivity contribution in [1.29, 1.82) is 0 Å². The van der Waals surface area contributed by atoms with Crippen LogP contribution in [0.4, 0.5) is 5.69 Å². The van der Waals surface area contributed by atoms with Crippen molar-refractivity contribution in [1.82, 2.24) is 9.55 Å². The van der Waals surface area contributed by atoms with Gasteiger partial charge in [-0.3, -0.25) is 4.79 Å². The maximum atomic E-state index is 11.1. The van der Waals surface area contributed by atoms with E-state index in [4.69, 9.17) is 11.5 Å². The van der Waals surface area contributed by atoms with Crippen LogP contribution in [0.5, 0.6) is 0 Å². The molecule has 0 spiro atoms. The summed E-state index contributed by atoms with van der Waals surface area (Å²) in [6, 6.07) is 7.49. The molecule has 5 heteroatoms. The van der Waals surface area contributed by atoms with E-state index in [0.717, 1.165) is 11.4 Å². The van der Waals surface area contributed by atoms with E-state index in [2.05, 4.69) is 4.98 Å². The van der Waals surface area contributed by atoms with Crippen LogP contribution in [0.15, 0.2) is 36.7 Å². The van der Waals surface area contributed by atoms with E-state index in [0.29, 0.717) is 12.2 Å². The average molecular weight is 244 g/mol. The molecule has 1 atom stereocenters. The number of rotatable bonds is 4. The molecule has 1 unspecified atom stereocenters. The molecule has 2 aromatic rings. The Hall–Kier alpha value is -2.30. The average Bonchev–Trinajstić information content (AvgIpc) is 2.77. The van der Waals surface area contributed by atoms with Crippen LogP contribution in [0.2, 0.25) is 0 Å². The minimum Gasteiger partial charge on any atom is -0.399 e. The monoisotopic (exact) mass is 244 g/mol. The van der Waals surface area contributed by atoms with Crippen molar-refractivity contribution >= 4 is 11.6 Å². The summed E-state index contributed by atoms with van der Waals surface area (Å²) < 4.78 is 1.91. The Labute approximate surface area is 105 Å². The molecule has 1 heterocycles. The maximum absolute atomic E-state index is 11.1. The Morgan fingerprint density at radius 2 is 2.28 bits per heavy atom. The molecule has 4 N–H and O–H groups in total. The van der Waals surface area contributed by atoms with Gasteiger partial charge in [0.2, 0.25) is 5.91 Å². The molecule has 1 aromatic heterocycles. The minimum atomic E-state index is -0.317. The Morgan fingerprint density at radius 3 is 2.94 bits per heavy atom. The molecule has 0 radical (unpaired) electrons. The van der Waals surface area contributed by atoms with E-state index >= 15 is 0 Å². The summed E-state index contributed by atoms with van der Waals surface area (Å²) in [7, 11) is 0. The van der Waals surface area contributed by atoms with Gasteiger partial charge in [0.1, 0.15) is 5.82 Å². The van der Waals surface area contributed by atoms with Crippen molar-refractivity contribution in [3.63, 3.8) is 0 Å². The van der Waals surface area contributed by atoms with E-state index in [9.17, 15) is 4.79 Å². The third-order valence-corrected chi connectivity index (χ3v) is 2.82. The first-order valence-electron chi connectivity index (χ1n) is 5.74. The summed E-state index contributed by atoms with van der Waals surface area (Å²) in [6.45, 7) is 2.31. The van der Waals surface area contributed by atoms with Crippen molar-refractivity contribution in [2.75, 3.05) is 5.73 Å². The Balaban J connectivity index is 2.30. The number of hydrogen-bond acceptors (Lipinski definition) is 3. The summed E-state index contributed by atoms with van der Waals surface area (Å²) in [5.74, 6) is 0.233. The first-order chi connectivity index (χ1) is 8.58. The lowest BCUT2D eigenvalue weighted by Crippen LogP contribution is -2.24. The third kappa shape index (κ3) is 2.51. The molecule has 0 saturated heterocycles. The zero-order valence-electron chi connectivity index (χ0n) is 10.2. The minimum absolute atomic E-state index is 0.237. The van der Waals surface area contributed by atoms with E-state index in [1.165, 1.54) is 0 Å². The van der Waals surface area contributed by atoms with Crippen molar-refractivity contribution in [3.05, 3.63) is 36.7 Å². The quantitative estimate of drug-likeness (QED) is 0.793. The van der Waals surface area contributed by atoms with Crippen molar-refractivity contribution in [3.8, 4) is 11.4 Å². The predicted octanol–water partition coefficient (Wildman–Crippen LogP) is 1.25. The second-order valence-electron chi connectivity index (χ2n) is 4.33. The van der Waals surface area contributed by atoms with Gasteiger partial charge >= 0.3 is 0 Å². The second-order valence-corrected chi connectivity index (χ2v) is 4.33. The van der Waals surface area contributed by atoms with Gasteiger partial charge in [0.15, 0.2) is 0 Å². The smallest absolute Gasteiger partial charge is 0.222 e. The Kier molecular flexibility index (Phi) is 3.32. The van der Waals surface area contributed by atoms with Gasteiger partial charge in [0.05, 0.1) is 5.92 Å². The number of primary amides is 1. The van der Waals surface area contributed by atoms with Crippen LogP contribution in [0, 0.1) is 5.92 Å². The summed E-state index contributed by atoms with van der Waals surface area (Å²) >= 11 is 0. The molecule has 0 saturated carbocycles. The van der Waals surface area contributed by atoms with Crippen molar-refractivity contribution < 1.29 is 4.79 Å². The van der Waals surface area contributed by atoms with Gasteiger partial charge in [-0.1, -0.05) is 19.1 Å². The summed E-state index contributed by atoms with van der Waals surface area (Å²) in [5.41, 5.74) is 12.6. The molecule has 5 nitrogen and oxygen atoms in total. The maximum Gasteiger partial charge on any atom is 0.222 e. The van der Waals surface area contributed by atoms with E-state index in [-0.39, 0.29) is 11.8 Å². The number of hydrogen-bond donors (Lipinski definition) is 2.